The highest BCUT2D eigenvalue weighted by molar-refractivity contribution is 7.83. The number of para-hydroxylation sites is 1. The maximum atomic E-state index is 12.5. The molecular formula is C18H21NO3S. The van der Waals surface area contributed by atoms with Crippen LogP contribution < -0.4 is 10.1 Å². The third-order valence-corrected chi connectivity index (χ3v) is 4.20. The van der Waals surface area contributed by atoms with E-state index in [1.165, 1.54) is 0 Å². The van der Waals surface area contributed by atoms with Crippen molar-refractivity contribution >= 4 is 22.4 Å². The fourth-order valence-corrected chi connectivity index (χ4v) is 3.07. The first kappa shape index (κ1) is 17.2. The molecule has 2 aromatic carbocycles. The van der Waals surface area contributed by atoms with Crippen molar-refractivity contribution in [1.82, 2.24) is 0 Å². The van der Waals surface area contributed by atoms with Gasteiger partial charge < -0.3 is 10.1 Å². The molecule has 0 aliphatic rings. The Bertz CT molecular complexity index is 728. The largest absolute Gasteiger partial charge is 0.493 e. The van der Waals surface area contributed by atoms with E-state index in [1.807, 2.05) is 38.1 Å². The summed E-state index contributed by atoms with van der Waals surface area (Å²) >= 11 is 0. The van der Waals surface area contributed by atoms with Gasteiger partial charge in [0.2, 0.25) is 0 Å². The SMILES string of the molecule is CCOc1ccccc1C(=O)Nc1cccc(C[S@@](C)=O)c1C. The number of hydrogen-bond donors (Lipinski definition) is 1. The van der Waals surface area contributed by atoms with Crippen LogP contribution in [0.1, 0.15) is 28.4 Å². The van der Waals surface area contributed by atoms with Crippen molar-refractivity contribution in [2.75, 3.05) is 18.2 Å². The number of ether oxygens (including phenoxy) is 1. The second-order valence-electron chi connectivity index (χ2n) is 5.19. The van der Waals surface area contributed by atoms with Gasteiger partial charge in [-0.05, 0) is 43.2 Å². The Morgan fingerprint density at radius 1 is 1.17 bits per heavy atom. The second kappa shape index (κ2) is 7.92. The Morgan fingerprint density at radius 3 is 2.61 bits per heavy atom. The van der Waals surface area contributed by atoms with Crippen LogP contribution in [0, 0.1) is 6.92 Å². The third-order valence-electron chi connectivity index (χ3n) is 3.48. The minimum atomic E-state index is -0.923. The zero-order chi connectivity index (χ0) is 16.8. The van der Waals surface area contributed by atoms with E-state index in [-0.39, 0.29) is 5.91 Å². The smallest absolute Gasteiger partial charge is 0.259 e. The Morgan fingerprint density at radius 2 is 1.91 bits per heavy atom. The molecule has 122 valence electrons. The molecule has 23 heavy (non-hydrogen) atoms. The van der Waals surface area contributed by atoms with Crippen LogP contribution in [0.5, 0.6) is 5.75 Å². The zero-order valence-corrected chi connectivity index (χ0v) is 14.4. The van der Waals surface area contributed by atoms with E-state index in [2.05, 4.69) is 5.32 Å². The normalized spacial score (nSPS) is 11.8. The molecule has 0 aromatic heterocycles. The molecule has 0 fully saturated rings. The van der Waals surface area contributed by atoms with Crippen LogP contribution >= 0.6 is 0 Å². The van der Waals surface area contributed by atoms with Gasteiger partial charge in [0.15, 0.2) is 0 Å². The summed E-state index contributed by atoms with van der Waals surface area (Å²) in [4.78, 5) is 12.5. The first-order valence-electron chi connectivity index (χ1n) is 7.44. The Hall–Kier alpha value is -2.14. The number of anilines is 1. The average Bonchev–Trinajstić information content (AvgIpc) is 2.51. The summed E-state index contributed by atoms with van der Waals surface area (Å²) in [6.07, 6.45) is 1.67. The van der Waals surface area contributed by atoms with E-state index in [4.69, 9.17) is 4.74 Å². The van der Waals surface area contributed by atoms with Gasteiger partial charge in [0, 0.05) is 28.5 Å². The minimum Gasteiger partial charge on any atom is -0.493 e. The topological polar surface area (TPSA) is 55.4 Å². The van der Waals surface area contributed by atoms with Gasteiger partial charge in [0.25, 0.3) is 5.91 Å². The van der Waals surface area contributed by atoms with Crippen molar-refractivity contribution in [1.29, 1.82) is 0 Å². The van der Waals surface area contributed by atoms with Crippen molar-refractivity contribution in [3.05, 3.63) is 59.2 Å². The summed E-state index contributed by atoms with van der Waals surface area (Å²) in [5, 5.41) is 2.92. The van der Waals surface area contributed by atoms with Crippen LogP contribution in [0.3, 0.4) is 0 Å². The molecule has 0 aliphatic carbocycles. The van der Waals surface area contributed by atoms with Gasteiger partial charge in [-0.1, -0.05) is 24.3 Å². The fourth-order valence-electron chi connectivity index (χ4n) is 2.32. The van der Waals surface area contributed by atoms with Crippen molar-refractivity contribution in [2.24, 2.45) is 0 Å². The third kappa shape index (κ3) is 4.42. The average molecular weight is 331 g/mol. The lowest BCUT2D eigenvalue weighted by Crippen LogP contribution is -2.15. The van der Waals surface area contributed by atoms with E-state index in [0.29, 0.717) is 23.7 Å². The summed E-state index contributed by atoms with van der Waals surface area (Å²) in [7, 11) is -0.923. The predicted molar refractivity (Wildman–Crippen MR) is 94.5 cm³/mol. The highest BCUT2D eigenvalue weighted by atomic mass is 32.2. The van der Waals surface area contributed by atoms with Gasteiger partial charge in [-0.2, -0.15) is 0 Å². The highest BCUT2D eigenvalue weighted by Gasteiger charge is 2.14. The molecule has 2 aromatic rings. The quantitative estimate of drug-likeness (QED) is 0.881. The van der Waals surface area contributed by atoms with Crippen LogP contribution in [-0.4, -0.2) is 23.0 Å². The van der Waals surface area contributed by atoms with Crippen molar-refractivity contribution < 1.29 is 13.7 Å². The molecule has 0 saturated heterocycles. The van der Waals surface area contributed by atoms with Gasteiger partial charge in [-0.25, -0.2) is 0 Å². The summed E-state index contributed by atoms with van der Waals surface area (Å²) < 4.78 is 16.9. The number of carbonyl (C=O) groups is 1. The fraction of sp³-hybridized carbons (Fsp3) is 0.278. The number of hydrogen-bond acceptors (Lipinski definition) is 3. The maximum Gasteiger partial charge on any atom is 0.259 e. The van der Waals surface area contributed by atoms with Crippen LogP contribution in [-0.2, 0) is 16.6 Å². The molecule has 0 saturated carbocycles. The lowest BCUT2D eigenvalue weighted by atomic mass is 10.1. The number of benzene rings is 2. The second-order valence-corrected chi connectivity index (χ2v) is 6.63. The number of rotatable bonds is 6. The van der Waals surface area contributed by atoms with E-state index >= 15 is 0 Å². The van der Waals surface area contributed by atoms with Gasteiger partial charge in [-0.15, -0.1) is 0 Å². The monoisotopic (exact) mass is 331 g/mol. The van der Waals surface area contributed by atoms with Crippen LogP contribution in [0.2, 0.25) is 0 Å². The van der Waals surface area contributed by atoms with Gasteiger partial charge in [0.05, 0.1) is 12.2 Å². The first-order valence-corrected chi connectivity index (χ1v) is 9.17. The van der Waals surface area contributed by atoms with E-state index in [1.54, 1.807) is 24.5 Å². The number of carbonyl (C=O) groups excluding carboxylic acids is 1. The van der Waals surface area contributed by atoms with Crippen LogP contribution in [0.4, 0.5) is 5.69 Å². The molecule has 1 atom stereocenters. The standard InChI is InChI=1S/C18H21NO3S/c1-4-22-17-11-6-5-9-15(17)18(20)19-16-10-7-8-14(13(16)2)12-23(3)21/h5-11H,4,12H2,1-3H3,(H,19,20)/t23-/m1/s1. The van der Waals surface area contributed by atoms with Crippen molar-refractivity contribution in [3.63, 3.8) is 0 Å². The minimum absolute atomic E-state index is 0.216. The van der Waals surface area contributed by atoms with Gasteiger partial charge >= 0.3 is 0 Å². The number of amides is 1. The van der Waals surface area contributed by atoms with Crippen LogP contribution in [0.25, 0.3) is 0 Å². The lowest BCUT2D eigenvalue weighted by Gasteiger charge is -2.14. The molecule has 1 N–H and O–H groups in total. The summed E-state index contributed by atoms with van der Waals surface area (Å²) in [5.74, 6) is 0.827. The molecule has 1 amide bonds. The molecule has 0 bridgehead atoms. The maximum absolute atomic E-state index is 12.5. The van der Waals surface area contributed by atoms with Gasteiger partial charge in [-0.3, -0.25) is 9.00 Å². The van der Waals surface area contributed by atoms with E-state index in [9.17, 15) is 9.00 Å². The number of nitrogens with one attached hydrogen (secondary N) is 1. The zero-order valence-electron chi connectivity index (χ0n) is 13.6. The first-order chi connectivity index (χ1) is 11.0. The van der Waals surface area contributed by atoms with E-state index < -0.39 is 10.8 Å². The van der Waals surface area contributed by atoms with E-state index in [0.717, 1.165) is 16.8 Å². The Balaban J connectivity index is 2.26. The Kier molecular flexibility index (Phi) is 5.93. The molecule has 0 unspecified atom stereocenters. The Labute approximate surface area is 139 Å². The summed E-state index contributed by atoms with van der Waals surface area (Å²) in [6, 6.07) is 12.8. The molecule has 0 heterocycles. The molecule has 4 nitrogen and oxygen atoms in total. The highest BCUT2D eigenvalue weighted by Crippen LogP contribution is 2.23. The lowest BCUT2D eigenvalue weighted by molar-refractivity contribution is 0.102. The molecule has 0 spiro atoms. The predicted octanol–water partition coefficient (Wildman–Crippen LogP) is 3.52. The molecule has 5 heteroatoms. The van der Waals surface area contributed by atoms with Crippen LogP contribution in [0.15, 0.2) is 42.5 Å². The molecule has 0 radical (unpaired) electrons. The molecule has 2 rings (SSSR count). The molecule has 0 aliphatic heterocycles. The van der Waals surface area contributed by atoms with Crippen molar-refractivity contribution in [3.8, 4) is 5.75 Å². The van der Waals surface area contributed by atoms with Gasteiger partial charge in [0.1, 0.15) is 5.75 Å². The summed E-state index contributed by atoms with van der Waals surface area (Å²) in [5.41, 5.74) is 3.13. The molecular weight excluding hydrogens is 310 g/mol. The van der Waals surface area contributed by atoms with Crippen molar-refractivity contribution in [2.45, 2.75) is 19.6 Å². The summed E-state index contributed by atoms with van der Waals surface area (Å²) in [6.45, 7) is 4.31.